The number of aliphatic carboxylic acids is 1. The number of hydrogen-bond donors (Lipinski definition) is 2. The van der Waals surface area contributed by atoms with E-state index >= 15 is 0 Å². The van der Waals surface area contributed by atoms with Crippen molar-refractivity contribution < 1.29 is 15.0 Å². The number of fused-ring (bicyclic) bond motifs is 1. The molecule has 1 aromatic carbocycles. The van der Waals surface area contributed by atoms with Crippen LogP contribution in [-0.4, -0.2) is 39.7 Å². The predicted octanol–water partition coefficient (Wildman–Crippen LogP) is 2.58. The van der Waals surface area contributed by atoms with Gasteiger partial charge in [0.1, 0.15) is 5.65 Å². The molecule has 0 aliphatic carbocycles. The van der Waals surface area contributed by atoms with Crippen LogP contribution < -0.4 is 4.90 Å². The lowest BCUT2D eigenvalue weighted by atomic mass is 10.0. The van der Waals surface area contributed by atoms with Gasteiger partial charge in [0.15, 0.2) is 0 Å². The van der Waals surface area contributed by atoms with Gasteiger partial charge in [-0.15, -0.1) is 0 Å². The number of carboxylic acid groups (broad SMARTS) is 1. The summed E-state index contributed by atoms with van der Waals surface area (Å²) < 4.78 is 1.95. The lowest BCUT2D eigenvalue weighted by Gasteiger charge is -2.11. The summed E-state index contributed by atoms with van der Waals surface area (Å²) in [7, 11) is 3.97. The van der Waals surface area contributed by atoms with Crippen molar-refractivity contribution in [3.8, 4) is 11.3 Å². The van der Waals surface area contributed by atoms with Gasteiger partial charge in [-0.3, -0.25) is 4.79 Å². The third-order valence-electron chi connectivity index (χ3n) is 3.92. The zero-order chi connectivity index (χ0) is 17.3. The standard InChI is InChI=1S/C18H19N3O3/c1-20(2)14-7-8-21-11-15(19-17(21)9-14)12-3-5-13(6-4-12)16(22)10-18(23)24/h3-9,11,16,22H,10H2,1-2H3,(H,23,24). The van der Waals surface area contributed by atoms with Crippen molar-refractivity contribution in [2.24, 2.45) is 0 Å². The summed E-state index contributed by atoms with van der Waals surface area (Å²) in [6.07, 6.45) is 2.60. The Bertz CT molecular complexity index is 869. The van der Waals surface area contributed by atoms with Crippen molar-refractivity contribution in [3.63, 3.8) is 0 Å². The molecule has 0 aliphatic rings. The molecule has 3 rings (SSSR count). The first-order valence-electron chi connectivity index (χ1n) is 7.60. The molecule has 2 N–H and O–H groups in total. The summed E-state index contributed by atoms with van der Waals surface area (Å²) in [5.41, 5.74) is 4.25. The Balaban J connectivity index is 1.88. The van der Waals surface area contributed by atoms with Crippen LogP contribution in [0.15, 0.2) is 48.8 Å². The van der Waals surface area contributed by atoms with Crippen LogP contribution in [0.5, 0.6) is 0 Å². The van der Waals surface area contributed by atoms with Crippen molar-refractivity contribution in [2.45, 2.75) is 12.5 Å². The number of anilines is 1. The number of aliphatic hydroxyl groups is 1. The molecule has 0 spiro atoms. The molecule has 1 unspecified atom stereocenters. The SMILES string of the molecule is CN(C)c1ccn2cc(-c3ccc(C(O)CC(=O)O)cc3)nc2c1. The second-order valence-corrected chi connectivity index (χ2v) is 5.91. The first kappa shape index (κ1) is 16.0. The Hall–Kier alpha value is -2.86. The van der Waals surface area contributed by atoms with Crippen LogP contribution >= 0.6 is 0 Å². The minimum atomic E-state index is -1.02. The van der Waals surface area contributed by atoms with E-state index < -0.39 is 12.1 Å². The van der Waals surface area contributed by atoms with E-state index in [4.69, 9.17) is 5.11 Å². The van der Waals surface area contributed by atoms with Gasteiger partial charge in [-0.2, -0.15) is 0 Å². The van der Waals surface area contributed by atoms with Crippen molar-refractivity contribution in [2.75, 3.05) is 19.0 Å². The molecule has 0 radical (unpaired) electrons. The van der Waals surface area contributed by atoms with E-state index in [1.54, 1.807) is 12.1 Å². The third-order valence-corrected chi connectivity index (χ3v) is 3.92. The van der Waals surface area contributed by atoms with Gasteiger partial charge < -0.3 is 19.5 Å². The topological polar surface area (TPSA) is 78.1 Å². The van der Waals surface area contributed by atoms with Gasteiger partial charge >= 0.3 is 5.97 Å². The van der Waals surface area contributed by atoms with Crippen LogP contribution in [0.3, 0.4) is 0 Å². The Morgan fingerprint density at radius 3 is 2.58 bits per heavy atom. The Morgan fingerprint density at radius 1 is 1.25 bits per heavy atom. The summed E-state index contributed by atoms with van der Waals surface area (Å²) in [4.78, 5) is 17.3. The maximum atomic E-state index is 10.7. The van der Waals surface area contributed by atoms with E-state index in [2.05, 4.69) is 4.98 Å². The van der Waals surface area contributed by atoms with E-state index in [0.29, 0.717) is 5.56 Å². The number of pyridine rings is 1. The minimum absolute atomic E-state index is 0.305. The maximum Gasteiger partial charge on any atom is 0.306 e. The summed E-state index contributed by atoms with van der Waals surface area (Å²) in [6, 6.07) is 11.2. The molecule has 124 valence electrons. The third kappa shape index (κ3) is 3.23. The molecule has 0 fully saturated rings. The second kappa shape index (κ2) is 6.33. The van der Waals surface area contributed by atoms with Crippen LogP contribution in [-0.2, 0) is 4.79 Å². The fourth-order valence-corrected chi connectivity index (χ4v) is 2.55. The van der Waals surface area contributed by atoms with Gasteiger partial charge in [0.05, 0.1) is 18.2 Å². The van der Waals surface area contributed by atoms with Crippen molar-refractivity contribution in [3.05, 3.63) is 54.4 Å². The normalized spacial score (nSPS) is 12.3. The number of nitrogens with zero attached hydrogens (tertiary/aromatic N) is 3. The first-order chi connectivity index (χ1) is 11.4. The van der Waals surface area contributed by atoms with Gasteiger partial charge in [0.25, 0.3) is 0 Å². The molecule has 0 saturated heterocycles. The summed E-state index contributed by atoms with van der Waals surface area (Å²) in [5, 5.41) is 18.6. The molecule has 2 heterocycles. The summed E-state index contributed by atoms with van der Waals surface area (Å²) >= 11 is 0. The predicted molar refractivity (Wildman–Crippen MR) is 92.2 cm³/mol. The van der Waals surface area contributed by atoms with Gasteiger partial charge in [-0.25, -0.2) is 4.98 Å². The zero-order valence-corrected chi connectivity index (χ0v) is 13.5. The smallest absolute Gasteiger partial charge is 0.306 e. The quantitative estimate of drug-likeness (QED) is 0.754. The lowest BCUT2D eigenvalue weighted by Crippen LogP contribution is -2.08. The Labute approximate surface area is 139 Å². The highest BCUT2D eigenvalue weighted by molar-refractivity contribution is 5.68. The van der Waals surface area contributed by atoms with Crippen LogP contribution in [0.2, 0.25) is 0 Å². The van der Waals surface area contributed by atoms with Crippen LogP contribution in [0, 0.1) is 0 Å². The van der Waals surface area contributed by atoms with Crippen LogP contribution in [0.4, 0.5) is 5.69 Å². The molecule has 0 saturated carbocycles. The molecule has 6 heteroatoms. The molecule has 2 aromatic heterocycles. The molecule has 6 nitrogen and oxygen atoms in total. The number of benzene rings is 1. The number of aromatic nitrogens is 2. The zero-order valence-electron chi connectivity index (χ0n) is 13.5. The van der Waals surface area contributed by atoms with E-state index in [-0.39, 0.29) is 6.42 Å². The molecule has 0 amide bonds. The highest BCUT2D eigenvalue weighted by atomic mass is 16.4. The minimum Gasteiger partial charge on any atom is -0.481 e. The van der Waals surface area contributed by atoms with E-state index in [9.17, 15) is 9.90 Å². The van der Waals surface area contributed by atoms with E-state index in [1.807, 2.05) is 60.1 Å². The van der Waals surface area contributed by atoms with Gasteiger partial charge in [0.2, 0.25) is 0 Å². The number of carboxylic acids is 1. The maximum absolute atomic E-state index is 10.7. The number of aliphatic hydroxyl groups excluding tert-OH is 1. The number of imidazole rings is 1. The Morgan fingerprint density at radius 2 is 1.96 bits per heavy atom. The van der Waals surface area contributed by atoms with Crippen molar-refractivity contribution >= 4 is 17.3 Å². The number of hydrogen-bond acceptors (Lipinski definition) is 4. The highest BCUT2D eigenvalue weighted by Gasteiger charge is 2.12. The van der Waals surface area contributed by atoms with Crippen LogP contribution in [0.25, 0.3) is 16.9 Å². The van der Waals surface area contributed by atoms with E-state index in [1.165, 1.54) is 0 Å². The molecule has 1 atom stereocenters. The molecule has 24 heavy (non-hydrogen) atoms. The number of rotatable bonds is 5. The van der Waals surface area contributed by atoms with Gasteiger partial charge in [0, 0.05) is 43.8 Å². The van der Waals surface area contributed by atoms with Gasteiger partial charge in [-0.05, 0) is 11.6 Å². The second-order valence-electron chi connectivity index (χ2n) is 5.91. The largest absolute Gasteiger partial charge is 0.481 e. The highest BCUT2D eigenvalue weighted by Crippen LogP contribution is 2.24. The van der Waals surface area contributed by atoms with Crippen molar-refractivity contribution in [1.29, 1.82) is 0 Å². The van der Waals surface area contributed by atoms with Crippen LogP contribution in [0.1, 0.15) is 18.1 Å². The fraction of sp³-hybridized carbons (Fsp3) is 0.222. The average Bonchev–Trinajstić information content (AvgIpc) is 2.97. The number of carbonyl (C=O) groups is 1. The molecule has 3 aromatic rings. The Kier molecular flexibility index (Phi) is 4.22. The first-order valence-corrected chi connectivity index (χ1v) is 7.60. The lowest BCUT2D eigenvalue weighted by molar-refractivity contribution is -0.139. The monoisotopic (exact) mass is 325 g/mol. The fourth-order valence-electron chi connectivity index (χ4n) is 2.55. The summed E-state index contributed by atoms with van der Waals surface area (Å²) in [5.74, 6) is -1.02. The molecule has 0 aliphatic heterocycles. The average molecular weight is 325 g/mol. The van der Waals surface area contributed by atoms with Gasteiger partial charge in [-0.1, -0.05) is 24.3 Å². The molecule has 0 bridgehead atoms. The van der Waals surface area contributed by atoms with Crippen molar-refractivity contribution in [1.82, 2.24) is 9.38 Å². The molecular formula is C18H19N3O3. The molecular weight excluding hydrogens is 306 g/mol. The van der Waals surface area contributed by atoms with E-state index in [0.717, 1.165) is 22.6 Å². The summed E-state index contributed by atoms with van der Waals surface area (Å²) in [6.45, 7) is 0.